The highest BCUT2D eigenvalue weighted by Gasteiger charge is 2.06. The zero-order valence-corrected chi connectivity index (χ0v) is 11.8. The van der Waals surface area contributed by atoms with E-state index in [0.717, 1.165) is 30.0 Å². The number of aromatic nitrogens is 2. The van der Waals surface area contributed by atoms with Gasteiger partial charge in [0.05, 0.1) is 10.7 Å². The van der Waals surface area contributed by atoms with Gasteiger partial charge in [-0.05, 0) is 25.5 Å². The summed E-state index contributed by atoms with van der Waals surface area (Å²) in [6.45, 7) is 4.92. The van der Waals surface area contributed by atoms with Crippen molar-refractivity contribution in [2.45, 2.75) is 20.3 Å². The van der Waals surface area contributed by atoms with E-state index in [0.29, 0.717) is 11.0 Å². The fourth-order valence-corrected chi connectivity index (χ4v) is 1.76. The highest BCUT2D eigenvalue weighted by atomic mass is 35.5. The molecule has 0 unspecified atom stereocenters. The Morgan fingerprint density at radius 2 is 2.05 bits per heavy atom. The Balaban J connectivity index is 2.21. The van der Waals surface area contributed by atoms with Gasteiger partial charge in [0, 0.05) is 18.3 Å². The first-order chi connectivity index (χ1) is 9.20. The molecule has 0 fully saturated rings. The molecular weight excluding hydrogens is 260 g/mol. The lowest BCUT2D eigenvalue weighted by atomic mass is 10.3. The zero-order chi connectivity index (χ0) is 13.7. The topological polar surface area (TPSA) is 49.8 Å². The van der Waals surface area contributed by atoms with Crippen molar-refractivity contribution in [2.24, 2.45) is 0 Å². The van der Waals surface area contributed by atoms with Crippen LogP contribution in [0.2, 0.25) is 5.02 Å². The van der Waals surface area contributed by atoms with Crippen LogP contribution in [0.5, 0.6) is 0 Å². The van der Waals surface area contributed by atoms with E-state index < -0.39 is 0 Å². The molecule has 2 aromatic rings. The van der Waals surface area contributed by atoms with Crippen molar-refractivity contribution in [3.63, 3.8) is 0 Å². The number of halogens is 1. The average molecular weight is 277 g/mol. The average Bonchev–Trinajstić information content (AvgIpc) is 2.42. The molecule has 2 rings (SSSR count). The van der Waals surface area contributed by atoms with E-state index in [4.69, 9.17) is 11.6 Å². The molecule has 0 saturated carbocycles. The maximum Gasteiger partial charge on any atom is 0.224 e. The third kappa shape index (κ3) is 3.58. The molecule has 2 N–H and O–H groups in total. The molecule has 19 heavy (non-hydrogen) atoms. The number of rotatable bonds is 5. The second kappa shape index (κ2) is 6.38. The summed E-state index contributed by atoms with van der Waals surface area (Å²) in [5.74, 6) is 1.39. The minimum Gasteiger partial charge on any atom is -0.354 e. The van der Waals surface area contributed by atoms with Gasteiger partial charge in [0.25, 0.3) is 0 Å². The Morgan fingerprint density at radius 3 is 2.79 bits per heavy atom. The second-order valence-electron chi connectivity index (χ2n) is 4.26. The predicted molar refractivity (Wildman–Crippen MR) is 80.3 cm³/mol. The normalized spacial score (nSPS) is 10.3. The third-order valence-electron chi connectivity index (χ3n) is 2.63. The second-order valence-corrected chi connectivity index (χ2v) is 4.66. The summed E-state index contributed by atoms with van der Waals surface area (Å²) in [6.07, 6.45) is 2.83. The van der Waals surface area contributed by atoms with Crippen LogP contribution in [0.15, 0.2) is 30.5 Å². The van der Waals surface area contributed by atoms with Gasteiger partial charge in [0.1, 0.15) is 5.82 Å². The van der Waals surface area contributed by atoms with Crippen molar-refractivity contribution < 1.29 is 0 Å². The van der Waals surface area contributed by atoms with Crippen LogP contribution < -0.4 is 10.6 Å². The number of benzene rings is 1. The minimum absolute atomic E-state index is 0.627. The summed E-state index contributed by atoms with van der Waals surface area (Å²) in [7, 11) is 0. The molecular formula is C14H17ClN4. The molecule has 0 saturated heterocycles. The van der Waals surface area contributed by atoms with E-state index in [1.54, 1.807) is 6.20 Å². The van der Waals surface area contributed by atoms with Gasteiger partial charge < -0.3 is 10.6 Å². The van der Waals surface area contributed by atoms with Crippen LogP contribution in [0.3, 0.4) is 0 Å². The number of hydrogen-bond donors (Lipinski definition) is 2. The van der Waals surface area contributed by atoms with Crippen LogP contribution in [0.1, 0.15) is 18.9 Å². The molecule has 100 valence electrons. The Hall–Kier alpha value is -1.81. The van der Waals surface area contributed by atoms with Gasteiger partial charge in [-0.15, -0.1) is 0 Å². The van der Waals surface area contributed by atoms with E-state index in [2.05, 4.69) is 27.5 Å². The Bertz CT molecular complexity index is 557. The Labute approximate surface area is 118 Å². The lowest BCUT2D eigenvalue weighted by Crippen LogP contribution is -2.07. The number of hydrogen-bond acceptors (Lipinski definition) is 4. The molecule has 1 aromatic heterocycles. The monoisotopic (exact) mass is 276 g/mol. The SMILES string of the molecule is CCCNc1ncc(C)c(Nc2ccccc2Cl)n1. The molecule has 0 spiro atoms. The molecule has 0 aliphatic rings. The summed E-state index contributed by atoms with van der Waals surface area (Å²) >= 11 is 6.13. The quantitative estimate of drug-likeness (QED) is 0.866. The first-order valence-corrected chi connectivity index (χ1v) is 6.67. The highest BCUT2D eigenvalue weighted by Crippen LogP contribution is 2.25. The summed E-state index contributed by atoms with van der Waals surface area (Å²) < 4.78 is 0. The van der Waals surface area contributed by atoms with Crippen molar-refractivity contribution in [1.82, 2.24) is 9.97 Å². The summed E-state index contributed by atoms with van der Waals surface area (Å²) in [5.41, 5.74) is 1.81. The molecule has 1 heterocycles. The fraction of sp³-hybridized carbons (Fsp3) is 0.286. The first-order valence-electron chi connectivity index (χ1n) is 6.29. The van der Waals surface area contributed by atoms with Gasteiger partial charge in [0.15, 0.2) is 0 Å². The molecule has 5 heteroatoms. The van der Waals surface area contributed by atoms with Crippen LogP contribution >= 0.6 is 11.6 Å². The largest absolute Gasteiger partial charge is 0.354 e. The van der Waals surface area contributed by atoms with Gasteiger partial charge in [-0.3, -0.25) is 0 Å². The van der Waals surface area contributed by atoms with Crippen LogP contribution in [0.4, 0.5) is 17.5 Å². The van der Waals surface area contributed by atoms with Gasteiger partial charge in [-0.1, -0.05) is 30.7 Å². The minimum atomic E-state index is 0.627. The number of anilines is 3. The van der Waals surface area contributed by atoms with Crippen LogP contribution in [0.25, 0.3) is 0 Å². The number of nitrogens with zero attached hydrogens (tertiary/aromatic N) is 2. The van der Waals surface area contributed by atoms with Crippen LogP contribution in [-0.2, 0) is 0 Å². The Kier molecular flexibility index (Phi) is 4.58. The summed E-state index contributed by atoms with van der Waals surface area (Å²) in [4.78, 5) is 8.70. The van der Waals surface area contributed by atoms with Crippen molar-refractivity contribution in [1.29, 1.82) is 0 Å². The molecule has 0 aliphatic carbocycles. The number of aryl methyl sites for hydroxylation is 1. The molecule has 0 atom stereocenters. The number of para-hydroxylation sites is 1. The van der Waals surface area contributed by atoms with E-state index in [1.807, 2.05) is 31.2 Å². The first kappa shape index (κ1) is 13.6. The lowest BCUT2D eigenvalue weighted by Gasteiger charge is -2.11. The summed E-state index contributed by atoms with van der Waals surface area (Å²) in [5, 5.41) is 7.07. The third-order valence-corrected chi connectivity index (χ3v) is 2.96. The van der Waals surface area contributed by atoms with Gasteiger partial charge in [0.2, 0.25) is 5.95 Å². The maximum absolute atomic E-state index is 6.13. The van der Waals surface area contributed by atoms with Crippen molar-refractivity contribution >= 4 is 29.1 Å². The van der Waals surface area contributed by atoms with Crippen LogP contribution in [0, 0.1) is 6.92 Å². The van der Waals surface area contributed by atoms with Gasteiger partial charge >= 0.3 is 0 Å². The van der Waals surface area contributed by atoms with Crippen LogP contribution in [-0.4, -0.2) is 16.5 Å². The number of nitrogens with one attached hydrogen (secondary N) is 2. The van der Waals surface area contributed by atoms with E-state index >= 15 is 0 Å². The Morgan fingerprint density at radius 1 is 1.26 bits per heavy atom. The summed E-state index contributed by atoms with van der Waals surface area (Å²) in [6, 6.07) is 7.59. The van der Waals surface area contributed by atoms with Crippen molar-refractivity contribution in [3.8, 4) is 0 Å². The van der Waals surface area contributed by atoms with E-state index in [9.17, 15) is 0 Å². The molecule has 0 amide bonds. The zero-order valence-electron chi connectivity index (χ0n) is 11.1. The maximum atomic E-state index is 6.13. The van der Waals surface area contributed by atoms with E-state index in [-0.39, 0.29) is 0 Å². The van der Waals surface area contributed by atoms with Crippen molar-refractivity contribution in [2.75, 3.05) is 17.2 Å². The van der Waals surface area contributed by atoms with E-state index in [1.165, 1.54) is 0 Å². The lowest BCUT2D eigenvalue weighted by molar-refractivity contribution is 0.950. The van der Waals surface area contributed by atoms with Crippen molar-refractivity contribution in [3.05, 3.63) is 41.0 Å². The molecule has 4 nitrogen and oxygen atoms in total. The molecule has 0 radical (unpaired) electrons. The smallest absolute Gasteiger partial charge is 0.224 e. The predicted octanol–water partition coefficient (Wildman–Crippen LogP) is 4.00. The molecule has 0 bridgehead atoms. The standard InChI is InChI=1S/C14H17ClN4/c1-3-8-16-14-17-9-10(2)13(19-14)18-12-7-5-4-6-11(12)15/h4-7,9H,3,8H2,1-2H3,(H2,16,17,18,19). The highest BCUT2D eigenvalue weighted by molar-refractivity contribution is 6.33. The van der Waals surface area contributed by atoms with Gasteiger partial charge in [-0.2, -0.15) is 4.98 Å². The fourth-order valence-electron chi connectivity index (χ4n) is 1.58. The molecule has 1 aromatic carbocycles. The molecule has 0 aliphatic heterocycles. The van der Waals surface area contributed by atoms with Gasteiger partial charge in [-0.25, -0.2) is 4.98 Å².